The van der Waals surface area contributed by atoms with Gasteiger partial charge >= 0.3 is 0 Å². The molecule has 0 aliphatic carbocycles. The van der Waals surface area contributed by atoms with Gasteiger partial charge in [-0.2, -0.15) is 0 Å². The van der Waals surface area contributed by atoms with Gasteiger partial charge in [-0.05, 0) is 40.0 Å². The summed E-state index contributed by atoms with van der Waals surface area (Å²) in [6, 6.07) is 4.45. The molecular weight excluding hydrogens is 318 g/mol. The molecule has 0 unspecified atom stereocenters. The number of carbonyl (C=O) groups is 1. The molecule has 2 atom stereocenters. The first-order chi connectivity index (χ1) is 12.0. The highest BCUT2D eigenvalue weighted by Crippen LogP contribution is 2.35. The third-order valence-corrected chi connectivity index (χ3v) is 5.38. The molecule has 1 saturated heterocycles. The van der Waals surface area contributed by atoms with E-state index in [1.807, 2.05) is 28.5 Å². The minimum absolute atomic E-state index is 0.164. The molecule has 0 spiro atoms. The first-order valence-corrected chi connectivity index (χ1v) is 9.12. The van der Waals surface area contributed by atoms with Crippen LogP contribution in [0.25, 0.3) is 11.0 Å². The maximum Gasteiger partial charge on any atom is 0.243 e. The first kappa shape index (κ1) is 16.2. The van der Waals surface area contributed by atoms with Crippen molar-refractivity contribution < 1.29 is 14.3 Å². The van der Waals surface area contributed by atoms with E-state index in [1.165, 1.54) is 6.42 Å². The van der Waals surface area contributed by atoms with Crippen LogP contribution in [-0.4, -0.2) is 45.7 Å². The lowest BCUT2D eigenvalue weighted by atomic mass is 9.97. The van der Waals surface area contributed by atoms with Crippen LogP contribution in [0.3, 0.4) is 0 Å². The summed E-state index contributed by atoms with van der Waals surface area (Å²) >= 11 is 0. The normalized spacial score (nSPS) is 23.1. The Morgan fingerprint density at radius 3 is 2.48 bits per heavy atom. The SMILES string of the molecule is Cc1nc2cc3c(cc2n1CC(=O)N1[C@H](C)CCC[C@H]1C)OCCO3. The molecule has 6 nitrogen and oxygen atoms in total. The fourth-order valence-corrected chi connectivity index (χ4v) is 4.11. The van der Waals surface area contributed by atoms with Gasteiger partial charge in [-0.15, -0.1) is 0 Å². The minimum Gasteiger partial charge on any atom is -0.486 e. The van der Waals surface area contributed by atoms with Crippen LogP contribution in [-0.2, 0) is 11.3 Å². The second kappa shape index (κ2) is 6.24. The molecule has 1 amide bonds. The summed E-state index contributed by atoms with van der Waals surface area (Å²) in [4.78, 5) is 19.7. The van der Waals surface area contributed by atoms with Crippen molar-refractivity contribution in [1.29, 1.82) is 0 Å². The van der Waals surface area contributed by atoms with Gasteiger partial charge in [0.1, 0.15) is 25.6 Å². The average Bonchev–Trinajstić information content (AvgIpc) is 2.87. The van der Waals surface area contributed by atoms with E-state index in [2.05, 4.69) is 18.8 Å². The molecule has 1 fully saturated rings. The summed E-state index contributed by atoms with van der Waals surface area (Å²) in [6.07, 6.45) is 3.36. The Bertz CT molecular complexity index is 804. The molecule has 0 saturated carbocycles. The lowest BCUT2D eigenvalue weighted by molar-refractivity contribution is -0.137. The predicted octanol–water partition coefficient (Wildman–Crippen LogP) is 2.91. The summed E-state index contributed by atoms with van der Waals surface area (Å²) in [5.41, 5.74) is 1.77. The second-order valence-electron chi connectivity index (χ2n) is 7.16. The van der Waals surface area contributed by atoms with Gasteiger partial charge < -0.3 is 18.9 Å². The number of amides is 1. The number of carbonyl (C=O) groups excluding carboxylic acids is 1. The highest BCUT2D eigenvalue weighted by Gasteiger charge is 2.29. The van der Waals surface area contributed by atoms with Gasteiger partial charge in [-0.25, -0.2) is 4.98 Å². The molecule has 0 N–H and O–H groups in total. The van der Waals surface area contributed by atoms with E-state index in [0.29, 0.717) is 31.8 Å². The van der Waals surface area contributed by atoms with E-state index in [0.717, 1.165) is 41.2 Å². The number of ether oxygens (including phenoxy) is 2. The first-order valence-electron chi connectivity index (χ1n) is 9.12. The largest absolute Gasteiger partial charge is 0.486 e. The molecule has 0 radical (unpaired) electrons. The summed E-state index contributed by atoms with van der Waals surface area (Å²) in [5.74, 6) is 2.46. The summed E-state index contributed by atoms with van der Waals surface area (Å²) < 4.78 is 13.3. The van der Waals surface area contributed by atoms with E-state index in [9.17, 15) is 4.79 Å². The molecular formula is C19H25N3O3. The molecule has 4 rings (SSSR count). The summed E-state index contributed by atoms with van der Waals surface area (Å²) in [7, 11) is 0. The molecule has 3 heterocycles. The van der Waals surface area contributed by atoms with Crippen molar-refractivity contribution in [2.45, 2.75) is 58.7 Å². The Morgan fingerprint density at radius 1 is 1.16 bits per heavy atom. The number of hydrogen-bond acceptors (Lipinski definition) is 4. The van der Waals surface area contributed by atoms with Gasteiger partial charge in [0, 0.05) is 24.2 Å². The van der Waals surface area contributed by atoms with Gasteiger partial charge in [0.15, 0.2) is 11.5 Å². The third-order valence-electron chi connectivity index (χ3n) is 5.38. The van der Waals surface area contributed by atoms with Gasteiger partial charge in [0.25, 0.3) is 0 Å². The maximum atomic E-state index is 13.0. The number of fused-ring (bicyclic) bond motifs is 2. The average molecular weight is 343 g/mol. The molecule has 25 heavy (non-hydrogen) atoms. The standard InChI is InChI=1S/C19H25N3O3/c1-12-5-4-6-13(2)22(12)19(23)11-21-14(3)20-15-9-17-18(10-16(15)21)25-8-7-24-17/h9-10,12-13H,4-8,11H2,1-3H3/t12-,13-/m1/s1. The van der Waals surface area contributed by atoms with Crippen molar-refractivity contribution in [2.75, 3.05) is 13.2 Å². The molecule has 2 aliphatic rings. The van der Waals surface area contributed by atoms with Crippen molar-refractivity contribution in [3.05, 3.63) is 18.0 Å². The Balaban J connectivity index is 1.66. The van der Waals surface area contributed by atoms with Crippen LogP contribution in [0.2, 0.25) is 0 Å². The fourth-order valence-electron chi connectivity index (χ4n) is 4.11. The summed E-state index contributed by atoms with van der Waals surface area (Å²) in [6.45, 7) is 7.66. The third kappa shape index (κ3) is 2.83. The predicted molar refractivity (Wildman–Crippen MR) is 95.1 cm³/mol. The van der Waals surface area contributed by atoms with Crippen LogP contribution in [0, 0.1) is 6.92 Å². The van der Waals surface area contributed by atoms with Crippen LogP contribution < -0.4 is 9.47 Å². The van der Waals surface area contributed by atoms with Gasteiger partial charge in [0.05, 0.1) is 11.0 Å². The zero-order chi connectivity index (χ0) is 17.6. The van der Waals surface area contributed by atoms with Gasteiger partial charge in [0.2, 0.25) is 5.91 Å². The van der Waals surface area contributed by atoms with Crippen molar-refractivity contribution >= 4 is 16.9 Å². The van der Waals surface area contributed by atoms with E-state index in [-0.39, 0.29) is 5.91 Å². The molecule has 1 aromatic heterocycles. The number of likely N-dealkylation sites (tertiary alicyclic amines) is 1. The smallest absolute Gasteiger partial charge is 0.243 e. The quantitative estimate of drug-likeness (QED) is 0.841. The molecule has 2 aliphatic heterocycles. The highest BCUT2D eigenvalue weighted by molar-refractivity contribution is 5.84. The second-order valence-corrected chi connectivity index (χ2v) is 7.16. The topological polar surface area (TPSA) is 56.6 Å². The Labute approximate surface area is 147 Å². The Morgan fingerprint density at radius 2 is 1.80 bits per heavy atom. The van der Waals surface area contributed by atoms with Gasteiger partial charge in [-0.3, -0.25) is 4.79 Å². The molecule has 6 heteroatoms. The summed E-state index contributed by atoms with van der Waals surface area (Å²) in [5, 5.41) is 0. The minimum atomic E-state index is 0.164. The number of imidazole rings is 1. The lowest BCUT2D eigenvalue weighted by Crippen LogP contribution is -2.48. The number of hydrogen-bond donors (Lipinski definition) is 0. The van der Waals surface area contributed by atoms with Crippen molar-refractivity contribution in [3.8, 4) is 11.5 Å². The molecule has 1 aromatic carbocycles. The Hall–Kier alpha value is -2.24. The van der Waals surface area contributed by atoms with Crippen LogP contribution in [0.15, 0.2) is 12.1 Å². The van der Waals surface area contributed by atoms with E-state index in [1.54, 1.807) is 0 Å². The van der Waals surface area contributed by atoms with E-state index in [4.69, 9.17) is 9.47 Å². The Kier molecular flexibility index (Phi) is 4.06. The highest BCUT2D eigenvalue weighted by atomic mass is 16.6. The maximum absolute atomic E-state index is 13.0. The number of benzene rings is 1. The molecule has 134 valence electrons. The molecule has 2 aromatic rings. The number of aromatic nitrogens is 2. The monoisotopic (exact) mass is 343 g/mol. The van der Waals surface area contributed by atoms with Crippen LogP contribution >= 0.6 is 0 Å². The van der Waals surface area contributed by atoms with Crippen LogP contribution in [0.4, 0.5) is 0 Å². The fraction of sp³-hybridized carbons (Fsp3) is 0.579. The van der Waals surface area contributed by atoms with Crippen molar-refractivity contribution in [3.63, 3.8) is 0 Å². The van der Waals surface area contributed by atoms with E-state index < -0.39 is 0 Å². The number of piperidine rings is 1. The number of nitrogens with zero attached hydrogens (tertiary/aromatic N) is 3. The van der Waals surface area contributed by atoms with Crippen molar-refractivity contribution in [1.82, 2.24) is 14.5 Å². The zero-order valence-corrected chi connectivity index (χ0v) is 15.1. The lowest BCUT2D eigenvalue weighted by Gasteiger charge is -2.39. The zero-order valence-electron chi connectivity index (χ0n) is 15.1. The van der Waals surface area contributed by atoms with E-state index >= 15 is 0 Å². The van der Waals surface area contributed by atoms with Crippen LogP contribution in [0.1, 0.15) is 38.9 Å². The van der Waals surface area contributed by atoms with Crippen LogP contribution in [0.5, 0.6) is 11.5 Å². The number of rotatable bonds is 2. The van der Waals surface area contributed by atoms with Gasteiger partial charge in [-0.1, -0.05) is 0 Å². The number of aryl methyl sites for hydroxylation is 1. The molecule has 0 bridgehead atoms. The van der Waals surface area contributed by atoms with Crippen molar-refractivity contribution in [2.24, 2.45) is 0 Å².